The number of hydrogen-bond donors (Lipinski definition) is 0. The van der Waals surface area contributed by atoms with Gasteiger partial charge in [0.05, 0.1) is 5.75 Å². The highest BCUT2D eigenvalue weighted by molar-refractivity contribution is 7.88. The number of piperazine rings is 1. The van der Waals surface area contributed by atoms with E-state index in [1.807, 2.05) is 0 Å². The van der Waals surface area contributed by atoms with Crippen LogP contribution in [0.3, 0.4) is 0 Å². The second kappa shape index (κ2) is 6.98. The maximum absolute atomic E-state index is 13.8. The van der Waals surface area contributed by atoms with Crippen LogP contribution in [0, 0.1) is 11.7 Å². The monoisotopic (exact) mass is 374 g/mol. The van der Waals surface area contributed by atoms with Crippen LogP contribution in [0.25, 0.3) is 0 Å². The number of sulfonamides is 1. The van der Waals surface area contributed by atoms with E-state index in [4.69, 9.17) is 11.6 Å². The third-order valence-electron chi connectivity index (χ3n) is 4.75. The molecule has 3 rings (SSSR count). The van der Waals surface area contributed by atoms with Crippen molar-refractivity contribution in [3.8, 4) is 0 Å². The Kier molecular flexibility index (Phi) is 5.13. The SMILES string of the molecule is O=C(C1CCC1)N1CCN(S(=O)(=O)Cc2ccc(Cl)cc2F)CC1. The molecule has 1 heterocycles. The van der Waals surface area contributed by atoms with Crippen LogP contribution in [0.15, 0.2) is 18.2 Å². The van der Waals surface area contributed by atoms with E-state index in [9.17, 15) is 17.6 Å². The Bertz CT molecular complexity index is 729. The van der Waals surface area contributed by atoms with Crippen molar-refractivity contribution < 1.29 is 17.6 Å². The number of rotatable bonds is 4. The normalized spacial score (nSPS) is 20.0. The molecular weight excluding hydrogens is 355 g/mol. The first-order chi connectivity index (χ1) is 11.4. The van der Waals surface area contributed by atoms with Crippen molar-refractivity contribution in [1.29, 1.82) is 0 Å². The summed E-state index contributed by atoms with van der Waals surface area (Å²) < 4.78 is 40.2. The Morgan fingerprint density at radius 2 is 1.88 bits per heavy atom. The van der Waals surface area contributed by atoms with Crippen LogP contribution in [0.1, 0.15) is 24.8 Å². The summed E-state index contributed by atoms with van der Waals surface area (Å²) in [6.07, 6.45) is 2.97. The van der Waals surface area contributed by atoms with Gasteiger partial charge in [0.1, 0.15) is 5.82 Å². The smallest absolute Gasteiger partial charge is 0.225 e. The summed E-state index contributed by atoms with van der Waals surface area (Å²) in [4.78, 5) is 13.9. The zero-order valence-electron chi connectivity index (χ0n) is 13.2. The number of hydrogen-bond acceptors (Lipinski definition) is 3. The average molecular weight is 375 g/mol. The third-order valence-corrected chi connectivity index (χ3v) is 6.81. The summed E-state index contributed by atoms with van der Waals surface area (Å²) in [5, 5.41) is 0.233. The third kappa shape index (κ3) is 3.73. The zero-order valence-corrected chi connectivity index (χ0v) is 14.8. The molecule has 0 radical (unpaired) electrons. The molecule has 0 atom stereocenters. The quantitative estimate of drug-likeness (QED) is 0.812. The molecular formula is C16H20ClFN2O3S. The van der Waals surface area contributed by atoms with Gasteiger partial charge in [0.2, 0.25) is 15.9 Å². The summed E-state index contributed by atoms with van der Waals surface area (Å²) in [5.41, 5.74) is 0.104. The second-order valence-corrected chi connectivity index (χ2v) is 8.75. The maximum Gasteiger partial charge on any atom is 0.225 e. The predicted octanol–water partition coefficient (Wildman–Crippen LogP) is 2.25. The molecule has 0 aromatic heterocycles. The first kappa shape index (κ1) is 17.6. The van der Waals surface area contributed by atoms with E-state index in [0.29, 0.717) is 13.1 Å². The van der Waals surface area contributed by atoms with Crippen molar-refractivity contribution >= 4 is 27.5 Å². The molecule has 8 heteroatoms. The van der Waals surface area contributed by atoms with Crippen molar-refractivity contribution in [2.45, 2.75) is 25.0 Å². The molecule has 0 spiro atoms. The lowest BCUT2D eigenvalue weighted by molar-refractivity contribution is -0.139. The summed E-state index contributed by atoms with van der Waals surface area (Å²) in [6.45, 7) is 1.32. The number of carbonyl (C=O) groups is 1. The van der Waals surface area contributed by atoms with E-state index in [-0.39, 0.29) is 35.5 Å². The topological polar surface area (TPSA) is 57.7 Å². The van der Waals surface area contributed by atoms with Crippen molar-refractivity contribution in [2.24, 2.45) is 5.92 Å². The molecule has 1 amide bonds. The van der Waals surface area contributed by atoms with Gasteiger partial charge in [0.25, 0.3) is 0 Å². The minimum absolute atomic E-state index is 0.104. The molecule has 2 fully saturated rings. The Balaban J connectivity index is 1.61. The molecule has 1 saturated carbocycles. The lowest BCUT2D eigenvalue weighted by atomic mass is 9.84. The number of nitrogens with zero attached hydrogens (tertiary/aromatic N) is 2. The Morgan fingerprint density at radius 3 is 2.42 bits per heavy atom. The van der Waals surface area contributed by atoms with E-state index in [0.717, 1.165) is 25.3 Å². The van der Waals surface area contributed by atoms with E-state index < -0.39 is 21.6 Å². The van der Waals surface area contributed by atoms with Gasteiger partial charge < -0.3 is 4.90 Å². The van der Waals surface area contributed by atoms with Crippen molar-refractivity contribution in [3.05, 3.63) is 34.6 Å². The highest BCUT2D eigenvalue weighted by Crippen LogP contribution is 2.29. The number of benzene rings is 1. The van der Waals surface area contributed by atoms with Gasteiger partial charge in [0, 0.05) is 42.7 Å². The lowest BCUT2D eigenvalue weighted by Crippen LogP contribution is -2.52. The minimum atomic E-state index is -3.62. The molecule has 1 saturated heterocycles. The van der Waals surface area contributed by atoms with Gasteiger partial charge in [-0.15, -0.1) is 0 Å². The van der Waals surface area contributed by atoms with Gasteiger partial charge in [-0.1, -0.05) is 24.1 Å². The summed E-state index contributed by atoms with van der Waals surface area (Å²) in [6, 6.07) is 3.98. The fourth-order valence-electron chi connectivity index (χ4n) is 3.03. The van der Waals surface area contributed by atoms with Crippen molar-refractivity contribution in [3.63, 3.8) is 0 Å². The molecule has 0 unspecified atom stereocenters. The first-order valence-electron chi connectivity index (χ1n) is 8.07. The van der Waals surface area contributed by atoms with Gasteiger partial charge in [-0.25, -0.2) is 12.8 Å². The van der Waals surface area contributed by atoms with Gasteiger partial charge in [-0.3, -0.25) is 4.79 Å². The maximum atomic E-state index is 13.8. The highest BCUT2D eigenvalue weighted by atomic mass is 35.5. The predicted molar refractivity (Wildman–Crippen MR) is 89.5 cm³/mol. The van der Waals surface area contributed by atoms with Gasteiger partial charge in [0.15, 0.2) is 0 Å². The molecule has 2 aliphatic rings. The first-order valence-corrected chi connectivity index (χ1v) is 10.1. The van der Waals surface area contributed by atoms with Crippen LogP contribution >= 0.6 is 11.6 Å². The van der Waals surface area contributed by atoms with Gasteiger partial charge in [-0.2, -0.15) is 4.31 Å². The molecule has 0 bridgehead atoms. The molecule has 24 heavy (non-hydrogen) atoms. The Labute approximate surface area is 146 Å². The number of carbonyl (C=O) groups excluding carboxylic acids is 1. The molecule has 1 aromatic carbocycles. The molecule has 132 valence electrons. The fraction of sp³-hybridized carbons (Fsp3) is 0.562. The van der Waals surface area contributed by atoms with E-state index in [1.165, 1.54) is 16.4 Å². The summed E-state index contributed by atoms with van der Waals surface area (Å²) in [5.74, 6) is -0.754. The largest absolute Gasteiger partial charge is 0.340 e. The fourth-order valence-corrected chi connectivity index (χ4v) is 4.71. The van der Waals surface area contributed by atoms with Crippen LogP contribution < -0.4 is 0 Å². The van der Waals surface area contributed by atoms with Crippen molar-refractivity contribution in [2.75, 3.05) is 26.2 Å². The van der Waals surface area contributed by atoms with Crippen LogP contribution in [-0.4, -0.2) is 49.7 Å². The van der Waals surface area contributed by atoms with Gasteiger partial charge in [-0.05, 0) is 25.0 Å². The van der Waals surface area contributed by atoms with Crippen LogP contribution in [0.4, 0.5) is 4.39 Å². The van der Waals surface area contributed by atoms with Crippen LogP contribution in [0.2, 0.25) is 5.02 Å². The summed E-state index contributed by atoms with van der Waals surface area (Å²) in [7, 11) is -3.62. The molecule has 1 aliphatic heterocycles. The molecule has 5 nitrogen and oxygen atoms in total. The molecule has 1 aliphatic carbocycles. The van der Waals surface area contributed by atoms with E-state index in [2.05, 4.69) is 0 Å². The average Bonchev–Trinajstić information content (AvgIpc) is 2.48. The van der Waals surface area contributed by atoms with Crippen molar-refractivity contribution in [1.82, 2.24) is 9.21 Å². The Hall–Kier alpha value is -1.18. The lowest BCUT2D eigenvalue weighted by Gasteiger charge is -2.37. The zero-order chi connectivity index (χ0) is 17.3. The number of halogens is 2. The molecule has 0 N–H and O–H groups in total. The van der Waals surface area contributed by atoms with E-state index in [1.54, 1.807) is 4.90 Å². The standard InChI is InChI=1S/C16H20ClFN2O3S/c17-14-5-4-13(15(18)10-14)11-24(22,23)20-8-6-19(7-9-20)16(21)12-2-1-3-12/h4-5,10,12H,1-3,6-9,11H2. The van der Waals surface area contributed by atoms with E-state index >= 15 is 0 Å². The highest BCUT2D eigenvalue weighted by Gasteiger charge is 2.34. The minimum Gasteiger partial charge on any atom is -0.340 e. The second-order valence-electron chi connectivity index (χ2n) is 6.34. The van der Waals surface area contributed by atoms with Crippen LogP contribution in [-0.2, 0) is 20.6 Å². The Morgan fingerprint density at radius 1 is 1.21 bits per heavy atom. The van der Waals surface area contributed by atoms with Gasteiger partial charge >= 0.3 is 0 Å². The number of amides is 1. The molecule has 1 aromatic rings. The summed E-state index contributed by atoms with van der Waals surface area (Å²) >= 11 is 5.69. The van der Waals surface area contributed by atoms with Crippen LogP contribution in [0.5, 0.6) is 0 Å².